The van der Waals surface area contributed by atoms with Crippen LogP contribution in [-0.2, 0) is 6.54 Å². The molecule has 0 fully saturated rings. The SMILES string of the molecule is Cc1cc([N+](=O)[O-])cnc1Oc1ccc(CN)cc1. The zero-order valence-corrected chi connectivity index (χ0v) is 10.4. The first-order valence-electron chi connectivity index (χ1n) is 5.68. The Morgan fingerprint density at radius 2 is 2.05 bits per heavy atom. The Labute approximate surface area is 110 Å². The normalized spacial score (nSPS) is 10.2. The third-order valence-electron chi connectivity index (χ3n) is 2.60. The molecule has 0 saturated heterocycles. The second kappa shape index (κ2) is 5.45. The summed E-state index contributed by atoms with van der Waals surface area (Å²) in [5.41, 5.74) is 7.06. The monoisotopic (exact) mass is 259 g/mol. The summed E-state index contributed by atoms with van der Waals surface area (Å²) in [5.74, 6) is 0.966. The lowest BCUT2D eigenvalue weighted by molar-refractivity contribution is -0.385. The van der Waals surface area contributed by atoms with Crippen molar-refractivity contribution in [3.05, 3.63) is 57.8 Å². The van der Waals surface area contributed by atoms with Crippen LogP contribution < -0.4 is 10.5 Å². The zero-order chi connectivity index (χ0) is 13.8. The molecular weight excluding hydrogens is 246 g/mol. The third kappa shape index (κ3) is 3.05. The van der Waals surface area contributed by atoms with E-state index in [2.05, 4.69) is 4.98 Å². The molecule has 2 N–H and O–H groups in total. The van der Waals surface area contributed by atoms with Crippen LogP contribution in [-0.4, -0.2) is 9.91 Å². The van der Waals surface area contributed by atoms with Gasteiger partial charge in [0.15, 0.2) is 0 Å². The van der Waals surface area contributed by atoms with Crippen LogP contribution in [0.15, 0.2) is 36.5 Å². The van der Waals surface area contributed by atoms with Gasteiger partial charge in [-0.15, -0.1) is 0 Å². The number of hydrogen-bond donors (Lipinski definition) is 1. The Morgan fingerprint density at radius 3 is 2.58 bits per heavy atom. The van der Waals surface area contributed by atoms with Gasteiger partial charge in [0.25, 0.3) is 5.69 Å². The van der Waals surface area contributed by atoms with Gasteiger partial charge >= 0.3 is 0 Å². The van der Waals surface area contributed by atoms with Crippen molar-refractivity contribution >= 4 is 5.69 Å². The summed E-state index contributed by atoms with van der Waals surface area (Å²) in [6.45, 7) is 2.18. The maximum Gasteiger partial charge on any atom is 0.288 e. The molecule has 0 aliphatic carbocycles. The van der Waals surface area contributed by atoms with Gasteiger partial charge in [-0.05, 0) is 24.6 Å². The molecule has 2 aromatic rings. The second-order valence-corrected chi connectivity index (χ2v) is 4.02. The highest BCUT2D eigenvalue weighted by molar-refractivity contribution is 5.39. The van der Waals surface area contributed by atoms with Crippen molar-refractivity contribution in [3.63, 3.8) is 0 Å². The summed E-state index contributed by atoms with van der Waals surface area (Å²) in [7, 11) is 0. The number of nitro groups is 1. The fourth-order valence-corrected chi connectivity index (χ4v) is 1.56. The highest BCUT2D eigenvalue weighted by Gasteiger charge is 2.10. The van der Waals surface area contributed by atoms with E-state index in [-0.39, 0.29) is 5.69 Å². The number of pyridine rings is 1. The first-order chi connectivity index (χ1) is 9.10. The van der Waals surface area contributed by atoms with Crippen molar-refractivity contribution in [2.75, 3.05) is 0 Å². The zero-order valence-electron chi connectivity index (χ0n) is 10.4. The van der Waals surface area contributed by atoms with Crippen LogP contribution in [0, 0.1) is 17.0 Å². The summed E-state index contributed by atoms with van der Waals surface area (Å²) < 4.78 is 5.57. The minimum atomic E-state index is -0.486. The average molecular weight is 259 g/mol. The molecule has 0 radical (unpaired) electrons. The number of hydrogen-bond acceptors (Lipinski definition) is 5. The molecule has 0 bridgehead atoms. The average Bonchev–Trinajstić information content (AvgIpc) is 2.41. The number of benzene rings is 1. The van der Waals surface area contributed by atoms with Gasteiger partial charge in [0.2, 0.25) is 5.88 Å². The highest BCUT2D eigenvalue weighted by Crippen LogP contribution is 2.25. The van der Waals surface area contributed by atoms with Crippen molar-refractivity contribution in [1.29, 1.82) is 0 Å². The molecule has 6 heteroatoms. The molecular formula is C13H13N3O3. The van der Waals surface area contributed by atoms with Crippen molar-refractivity contribution in [3.8, 4) is 11.6 Å². The smallest absolute Gasteiger partial charge is 0.288 e. The molecule has 0 atom stereocenters. The molecule has 0 unspecified atom stereocenters. The minimum absolute atomic E-state index is 0.0525. The molecule has 19 heavy (non-hydrogen) atoms. The Kier molecular flexibility index (Phi) is 3.72. The topological polar surface area (TPSA) is 91.3 Å². The predicted octanol–water partition coefficient (Wildman–Crippen LogP) is 2.55. The van der Waals surface area contributed by atoms with E-state index < -0.39 is 4.92 Å². The van der Waals surface area contributed by atoms with Crippen LogP contribution >= 0.6 is 0 Å². The molecule has 2 rings (SSSR count). The summed E-state index contributed by atoms with van der Waals surface area (Å²) >= 11 is 0. The van der Waals surface area contributed by atoms with E-state index >= 15 is 0 Å². The highest BCUT2D eigenvalue weighted by atomic mass is 16.6. The maximum atomic E-state index is 10.6. The number of ether oxygens (including phenoxy) is 1. The molecule has 0 spiro atoms. The third-order valence-corrected chi connectivity index (χ3v) is 2.60. The molecule has 1 aromatic heterocycles. The summed E-state index contributed by atoms with van der Waals surface area (Å²) in [6, 6.07) is 8.71. The first kappa shape index (κ1) is 13.0. The predicted molar refractivity (Wildman–Crippen MR) is 70.0 cm³/mol. The molecule has 0 aliphatic heterocycles. The van der Waals surface area contributed by atoms with E-state index in [0.29, 0.717) is 23.7 Å². The maximum absolute atomic E-state index is 10.6. The second-order valence-electron chi connectivity index (χ2n) is 4.02. The molecule has 6 nitrogen and oxygen atoms in total. The number of nitrogens with zero attached hydrogens (tertiary/aromatic N) is 2. The molecule has 98 valence electrons. The number of aromatic nitrogens is 1. The molecule has 0 aliphatic rings. The van der Waals surface area contributed by atoms with Gasteiger partial charge in [-0.3, -0.25) is 10.1 Å². The minimum Gasteiger partial charge on any atom is -0.439 e. The van der Waals surface area contributed by atoms with Gasteiger partial charge in [0, 0.05) is 18.2 Å². The van der Waals surface area contributed by atoms with E-state index in [1.807, 2.05) is 12.1 Å². The summed E-state index contributed by atoms with van der Waals surface area (Å²) in [5, 5.41) is 10.6. The molecule has 1 heterocycles. The Balaban J connectivity index is 2.20. The number of rotatable bonds is 4. The summed E-state index contributed by atoms with van der Waals surface area (Å²) in [6.07, 6.45) is 1.18. The molecule has 0 amide bonds. The Morgan fingerprint density at radius 1 is 1.37 bits per heavy atom. The van der Waals surface area contributed by atoms with Crippen LogP contribution in [0.4, 0.5) is 5.69 Å². The molecule has 1 aromatic carbocycles. The van der Waals surface area contributed by atoms with Gasteiger partial charge in [0.1, 0.15) is 11.9 Å². The van der Waals surface area contributed by atoms with E-state index in [0.717, 1.165) is 5.56 Å². The van der Waals surface area contributed by atoms with Gasteiger partial charge in [0.05, 0.1) is 4.92 Å². The van der Waals surface area contributed by atoms with E-state index in [1.54, 1.807) is 19.1 Å². The lowest BCUT2D eigenvalue weighted by atomic mass is 10.2. The van der Waals surface area contributed by atoms with Crippen LogP contribution in [0.1, 0.15) is 11.1 Å². The van der Waals surface area contributed by atoms with E-state index in [1.165, 1.54) is 12.3 Å². The summed E-state index contributed by atoms with van der Waals surface area (Å²) in [4.78, 5) is 14.1. The standard InChI is InChI=1S/C13H13N3O3/c1-9-6-11(16(17)18)8-15-13(9)19-12-4-2-10(7-14)3-5-12/h2-6,8H,7,14H2,1H3. The van der Waals surface area contributed by atoms with Gasteiger partial charge in [-0.1, -0.05) is 12.1 Å². The quantitative estimate of drug-likeness (QED) is 0.673. The van der Waals surface area contributed by atoms with E-state index in [4.69, 9.17) is 10.5 Å². The van der Waals surface area contributed by atoms with E-state index in [9.17, 15) is 10.1 Å². The lowest BCUT2D eigenvalue weighted by Gasteiger charge is -2.07. The Hall–Kier alpha value is -2.47. The van der Waals surface area contributed by atoms with Crippen LogP contribution in [0.25, 0.3) is 0 Å². The van der Waals surface area contributed by atoms with Crippen molar-refractivity contribution < 1.29 is 9.66 Å². The van der Waals surface area contributed by atoms with Crippen LogP contribution in [0.3, 0.4) is 0 Å². The fourth-order valence-electron chi connectivity index (χ4n) is 1.56. The van der Waals surface area contributed by atoms with Crippen LogP contribution in [0.5, 0.6) is 11.6 Å². The fraction of sp³-hybridized carbons (Fsp3) is 0.154. The van der Waals surface area contributed by atoms with Crippen molar-refractivity contribution in [2.45, 2.75) is 13.5 Å². The van der Waals surface area contributed by atoms with Gasteiger partial charge in [-0.2, -0.15) is 0 Å². The van der Waals surface area contributed by atoms with Crippen molar-refractivity contribution in [1.82, 2.24) is 4.98 Å². The van der Waals surface area contributed by atoms with Gasteiger partial charge in [-0.25, -0.2) is 4.98 Å². The Bertz CT molecular complexity index is 597. The van der Waals surface area contributed by atoms with Crippen LogP contribution in [0.2, 0.25) is 0 Å². The molecule has 0 saturated carbocycles. The van der Waals surface area contributed by atoms with Gasteiger partial charge < -0.3 is 10.5 Å². The number of aryl methyl sites for hydroxylation is 1. The largest absolute Gasteiger partial charge is 0.439 e. The first-order valence-corrected chi connectivity index (χ1v) is 5.68. The number of nitrogens with two attached hydrogens (primary N) is 1. The lowest BCUT2D eigenvalue weighted by Crippen LogP contribution is -1.97. The van der Waals surface area contributed by atoms with Crippen molar-refractivity contribution in [2.24, 2.45) is 5.73 Å².